The Labute approximate surface area is 153 Å². The van der Waals surface area contributed by atoms with Gasteiger partial charge in [0.15, 0.2) is 11.7 Å². The summed E-state index contributed by atoms with van der Waals surface area (Å²) in [7, 11) is 0. The first kappa shape index (κ1) is 17.4. The number of hydrogen-bond acceptors (Lipinski definition) is 4. The van der Waals surface area contributed by atoms with Gasteiger partial charge in [-0.05, 0) is 48.9 Å². The normalized spacial score (nSPS) is 10.5. The molecule has 128 valence electrons. The summed E-state index contributed by atoms with van der Waals surface area (Å²) < 4.78 is 18.4. The Balaban J connectivity index is 1.60. The van der Waals surface area contributed by atoms with E-state index in [0.29, 0.717) is 21.6 Å². The Morgan fingerprint density at radius 2 is 2.04 bits per heavy atom. The third-order valence-electron chi connectivity index (χ3n) is 3.34. The molecule has 0 spiro atoms. The number of benzene rings is 2. The highest BCUT2D eigenvalue weighted by Crippen LogP contribution is 2.26. The standard InChI is InChI=1S/C18H14ClFN2O2S/c1-11-2-7-14(19)16(8-11)24-9-17(23)22-18-21-15(10-25-18)12-3-5-13(20)6-4-12/h2-8,10H,9H2,1H3,(H,21,22,23). The second-order valence-electron chi connectivity index (χ2n) is 5.32. The molecule has 0 fully saturated rings. The van der Waals surface area contributed by atoms with Crippen LogP contribution in [0, 0.1) is 12.7 Å². The van der Waals surface area contributed by atoms with E-state index in [1.807, 2.05) is 13.0 Å². The molecule has 7 heteroatoms. The van der Waals surface area contributed by atoms with Crippen LogP contribution in [0.2, 0.25) is 5.02 Å². The first-order valence-corrected chi connectivity index (χ1v) is 8.67. The number of rotatable bonds is 5. The molecule has 0 aliphatic rings. The number of anilines is 1. The maximum absolute atomic E-state index is 13.0. The van der Waals surface area contributed by atoms with Crippen molar-refractivity contribution in [2.24, 2.45) is 0 Å². The van der Waals surface area contributed by atoms with Crippen molar-refractivity contribution in [3.05, 3.63) is 64.2 Å². The van der Waals surface area contributed by atoms with Crippen LogP contribution in [-0.4, -0.2) is 17.5 Å². The number of carbonyl (C=O) groups is 1. The van der Waals surface area contributed by atoms with E-state index in [1.54, 1.807) is 29.6 Å². The van der Waals surface area contributed by atoms with Gasteiger partial charge >= 0.3 is 0 Å². The minimum atomic E-state index is -0.336. The first-order chi connectivity index (χ1) is 12.0. The minimum absolute atomic E-state index is 0.172. The van der Waals surface area contributed by atoms with Gasteiger partial charge in [0.1, 0.15) is 11.6 Å². The average molecular weight is 377 g/mol. The van der Waals surface area contributed by atoms with Crippen molar-refractivity contribution in [1.82, 2.24) is 4.98 Å². The molecule has 3 aromatic rings. The highest BCUT2D eigenvalue weighted by Gasteiger charge is 2.10. The Bertz CT molecular complexity index is 896. The van der Waals surface area contributed by atoms with Gasteiger partial charge in [-0.2, -0.15) is 0 Å². The van der Waals surface area contributed by atoms with Crippen molar-refractivity contribution in [3.63, 3.8) is 0 Å². The molecule has 1 aromatic heterocycles. The highest BCUT2D eigenvalue weighted by atomic mass is 35.5. The second-order valence-corrected chi connectivity index (χ2v) is 6.58. The van der Waals surface area contributed by atoms with Gasteiger partial charge in [-0.1, -0.05) is 17.7 Å². The quantitative estimate of drug-likeness (QED) is 0.687. The van der Waals surface area contributed by atoms with Crippen LogP contribution in [-0.2, 0) is 4.79 Å². The zero-order chi connectivity index (χ0) is 17.8. The van der Waals surface area contributed by atoms with Crippen molar-refractivity contribution in [2.75, 3.05) is 11.9 Å². The summed E-state index contributed by atoms with van der Waals surface area (Å²) in [5.41, 5.74) is 2.44. The molecule has 0 aliphatic heterocycles. The zero-order valence-electron chi connectivity index (χ0n) is 13.3. The van der Waals surface area contributed by atoms with E-state index in [1.165, 1.54) is 23.5 Å². The molecule has 1 N–H and O–H groups in total. The van der Waals surface area contributed by atoms with Crippen molar-refractivity contribution in [2.45, 2.75) is 6.92 Å². The third kappa shape index (κ3) is 4.55. The molecule has 0 bridgehead atoms. The molecule has 1 amide bonds. The topological polar surface area (TPSA) is 51.2 Å². The van der Waals surface area contributed by atoms with E-state index in [-0.39, 0.29) is 18.3 Å². The van der Waals surface area contributed by atoms with Crippen LogP contribution in [0.15, 0.2) is 47.8 Å². The second kappa shape index (κ2) is 7.63. The number of aryl methyl sites for hydroxylation is 1. The van der Waals surface area contributed by atoms with E-state index in [4.69, 9.17) is 16.3 Å². The molecule has 0 saturated heterocycles. The molecule has 0 radical (unpaired) electrons. The van der Waals surface area contributed by atoms with Gasteiger partial charge in [0.2, 0.25) is 0 Å². The molecule has 2 aromatic carbocycles. The number of thiazole rings is 1. The van der Waals surface area contributed by atoms with Crippen molar-refractivity contribution >= 4 is 34.0 Å². The third-order valence-corrected chi connectivity index (χ3v) is 4.41. The van der Waals surface area contributed by atoms with Crippen molar-refractivity contribution < 1.29 is 13.9 Å². The number of aromatic nitrogens is 1. The lowest BCUT2D eigenvalue weighted by atomic mass is 10.2. The molecular weight excluding hydrogens is 363 g/mol. The number of carbonyl (C=O) groups excluding carboxylic acids is 1. The lowest BCUT2D eigenvalue weighted by Crippen LogP contribution is -2.20. The van der Waals surface area contributed by atoms with Crippen LogP contribution in [0.3, 0.4) is 0 Å². The summed E-state index contributed by atoms with van der Waals surface area (Å²) >= 11 is 7.31. The average Bonchev–Trinajstić information content (AvgIpc) is 3.05. The fourth-order valence-electron chi connectivity index (χ4n) is 2.10. The van der Waals surface area contributed by atoms with Crippen molar-refractivity contribution in [1.29, 1.82) is 0 Å². The Kier molecular flexibility index (Phi) is 5.31. The fourth-order valence-corrected chi connectivity index (χ4v) is 3.01. The van der Waals surface area contributed by atoms with Crippen LogP contribution < -0.4 is 10.1 Å². The maximum atomic E-state index is 13.0. The summed E-state index contributed by atoms with van der Waals surface area (Å²) in [5, 5.41) is 5.36. The Hall–Kier alpha value is -2.44. The number of nitrogens with zero attached hydrogens (tertiary/aromatic N) is 1. The minimum Gasteiger partial charge on any atom is -0.482 e. The van der Waals surface area contributed by atoms with Crippen molar-refractivity contribution in [3.8, 4) is 17.0 Å². The van der Waals surface area contributed by atoms with Gasteiger partial charge in [0, 0.05) is 10.9 Å². The number of hydrogen-bond donors (Lipinski definition) is 1. The van der Waals surface area contributed by atoms with Crippen LogP contribution in [0.5, 0.6) is 5.75 Å². The van der Waals surface area contributed by atoms with Crippen LogP contribution >= 0.6 is 22.9 Å². The van der Waals surface area contributed by atoms with E-state index in [0.717, 1.165) is 11.1 Å². The van der Waals surface area contributed by atoms with Gasteiger partial charge in [-0.15, -0.1) is 11.3 Å². The molecule has 25 heavy (non-hydrogen) atoms. The number of halogens is 2. The molecule has 0 unspecified atom stereocenters. The van der Waals surface area contributed by atoms with Gasteiger partial charge < -0.3 is 4.74 Å². The first-order valence-electron chi connectivity index (χ1n) is 7.41. The molecule has 4 nitrogen and oxygen atoms in total. The van der Waals surface area contributed by atoms with Crippen LogP contribution in [0.1, 0.15) is 5.56 Å². The number of amides is 1. The largest absolute Gasteiger partial charge is 0.482 e. The summed E-state index contributed by atoms with van der Waals surface area (Å²) in [5.74, 6) is -0.181. The monoisotopic (exact) mass is 376 g/mol. The molecule has 0 atom stereocenters. The SMILES string of the molecule is Cc1ccc(Cl)c(OCC(=O)Nc2nc(-c3ccc(F)cc3)cs2)c1. The Morgan fingerprint density at radius 3 is 2.80 bits per heavy atom. The van der Waals surface area contributed by atoms with Gasteiger partial charge in [-0.25, -0.2) is 9.37 Å². The van der Waals surface area contributed by atoms with Crippen LogP contribution in [0.25, 0.3) is 11.3 Å². The highest BCUT2D eigenvalue weighted by molar-refractivity contribution is 7.14. The zero-order valence-corrected chi connectivity index (χ0v) is 14.8. The molecule has 3 rings (SSSR count). The predicted molar refractivity (Wildman–Crippen MR) is 97.8 cm³/mol. The van der Waals surface area contributed by atoms with Crippen LogP contribution in [0.4, 0.5) is 9.52 Å². The smallest absolute Gasteiger partial charge is 0.264 e. The van der Waals surface area contributed by atoms with Gasteiger partial charge in [0.25, 0.3) is 5.91 Å². The fraction of sp³-hybridized carbons (Fsp3) is 0.111. The maximum Gasteiger partial charge on any atom is 0.264 e. The lowest BCUT2D eigenvalue weighted by molar-refractivity contribution is -0.118. The molecule has 0 saturated carbocycles. The number of ether oxygens (including phenoxy) is 1. The van der Waals surface area contributed by atoms with E-state index < -0.39 is 0 Å². The van der Waals surface area contributed by atoms with E-state index in [2.05, 4.69) is 10.3 Å². The summed E-state index contributed by atoms with van der Waals surface area (Å²) in [6.45, 7) is 1.74. The molecule has 0 aliphatic carbocycles. The number of nitrogens with one attached hydrogen (secondary N) is 1. The molecular formula is C18H14ClFN2O2S. The van der Waals surface area contributed by atoms with Gasteiger partial charge in [-0.3, -0.25) is 10.1 Å². The van der Waals surface area contributed by atoms with Gasteiger partial charge in [0.05, 0.1) is 10.7 Å². The predicted octanol–water partition coefficient (Wildman–Crippen LogP) is 4.93. The summed E-state index contributed by atoms with van der Waals surface area (Å²) in [6, 6.07) is 11.4. The van der Waals surface area contributed by atoms with E-state index in [9.17, 15) is 9.18 Å². The van der Waals surface area contributed by atoms with E-state index >= 15 is 0 Å². The Morgan fingerprint density at radius 1 is 1.28 bits per heavy atom. The summed E-state index contributed by atoms with van der Waals surface area (Å²) in [4.78, 5) is 16.3. The molecule has 1 heterocycles. The summed E-state index contributed by atoms with van der Waals surface area (Å²) in [6.07, 6.45) is 0. The lowest BCUT2D eigenvalue weighted by Gasteiger charge is -2.08.